The fourth-order valence-corrected chi connectivity index (χ4v) is 1.81. The lowest BCUT2D eigenvalue weighted by molar-refractivity contribution is -0.141. The van der Waals surface area contributed by atoms with Crippen molar-refractivity contribution in [3.05, 3.63) is 11.6 Å². The zero-order valence-electron chi connectivity index (χ0n) is 5.92. The van der Waals surface area contributed by atoms with E-state index in [0.29, 0.717) is 12.0 Å². The molecule has 0 aromatic rings. The number of carboxylic acid groups (broad SMARTS) is 1. The predicted octanol–water partition coefficient (Wildman–Crippen LogP) is 1.47. The molecule has 4 heteroatoms. The first-order valence-electron chi connectivity index (χ1n) is 3.35. The third-order valence-corrected chi connectivity index (χ3v) is 2.44. The molecule has 0 aromatic heterocycles. The van der Waals surface area contributed by atoms with Crippen LogP contribution in [-0.2, 0) is 4.79 Å². The Kier molecular flexibility index (Phi) is 2.93. The summed E-state index contributed by atoms with van der Waals surface area (Å²) in [5, 5.41) is 8.31. The van der Waals surface area contributed by atoms with Crippen molar-refractivity contribution >= 4 is 17.7 Å². The summed E-state index contributed by atoms with van der Waals surface area (Å²) in [6, 6.07) is 0. The number of hydrogen-bond acceptors (Lipinski definition) is 2. The van der Waals surface area contributed by atoms with Crippen LogP contribution in [0.15, 0.2) is 11.6 Å². The van der Waals surface area contributed by atoms with E-state index >= 15 is 0 Å². The third-order valence-electron chi connectivity index (χ3n) is 1.54. The van der Waals surface area contributed by atoms with Gasteiger partial charge in [0, 0.05) is 5.75 Å². The molecule has 2 nitrogen and oxygen atoms in total. The molecule has 1 unspecified atom stereocenters. The van der Waals surface area contributed by atoms with E-state index in [4.69, 9.17) is 5.11 Å². The summed E-state index contributed by atoms with van der Waals surface area (Å²) in [7, 11) is 0. The zero-order chi connectivity index (χ0) is 8.27. The highest BCUT2D eigenvalue weighted by Crippen LogP contribution is 2.21. The molecule has 1 N–H and O–H groups in total. The lowest BCUT2D eigenvalue weighted by atomic mass is 10.1. The highest BCUT2D eigenvalue weighted by atomic mass is 32.2. The smallest absolute Gasteiger partial charge is 0.342 e. The molecule has 1 aliphatic heterocycles. The fourth-order valence-electron chi connectivity index (χ4n) is 0.930. The van der Waals surface area contributed by atoms with Crippen molar-refractivity contribution in [3.63, 3.8) is 0 Å². The van der Waals surface area contributed by atoms with Crippen LogP contribution in [0.3, 0.4) is 0 Å². The van der Waals surface area contributed by atoms with Gasteiger partial charge in [-0.1, -0.05) is 6.08 Å². The Morgan fingerprint density at radius 3 is 3.00 bits per heavy atom. The number of thioether (sulfide) groups is 1. The topological polar surface area (TPSA) is 37.3 Å². The maximum Gasteiger partial charge on any atom is 0.342 e. The van der Waals surface area contributed by atoms with Gasteiger partial charge in [-0.3, -0.25) is 0 Å². The molecule has 0 saturated heterocycles. The summed E-state index contributed by atoms with van der Waals surface area (Å²) < 4.78 is 12.7. The van der Waals surface area contributed by atoms with Gasteiger partial charge in [0.25, 0.3) is 0 Å². The number of rotatable bonds is 2. The van der Waals surface area contributed by atoms with E-state index in [-0.39, 0.29) is 0 Å². The van der Waals surface area contributed by atoms with E-state index in [0.717, 1.165) is 11.5 Å². The van der Waals surface area contributed by atoms with Crippen LogP contribution in [0.2, 0.25) is 0 Å². The lowest BCUT2D eigenvalue weighted by Gasteiger charge is -2.12. The van der Waals surface area contributed by atoms with E-state index in [2.05, 4.69) is 0 Å². The van der Waals surface area contributed by atoms with Gasteiger partial charge in [-0.2, -0.15) is 11.8 Å². The standard InChI is InChI=1S/C7H9FO2S/c8-6(7(9)10)5-1-3-11-4-2-5/h1,6H,2-4H2,(H,9,10). The molecular weight excluding hydrogens is 167 g/mol. The van der Waals surface area contributed by atoms with Crippen LogP contribution in [0.1, 0.15) is 6.42 Å². The van der Waals surface area contributed by atoms with Gasteiger partial charge in [0.2, 0.25) is 6.17 Å². The average Bonchev–Trinajstić information content (AvgIpc) is 2.05. The molecule has 0 aromatic carbocycles. The van der Waals surface area contributed by atoms with Gasteiger partial charge >= 0.3 is 5.97 Å². The minimum Gasteiger partial charge on any atom is -0.479 e. The monoisotopic (exact) mass is 176 g/mol. The molecule has 1 aliphatic rings. The van der Waals surface area contributed by atoms with Crippen LogP contribution >= 0.6 is 11.8 Å². The first kappa shape index (κ1) is 8.59. The van der Waals surface area contributed by atoms with Crippen molar-refractivity contribution in [2.45, 2.75) is 12.6 Å². The average molecular weight is 176 g/mol. The molecule has 0 saturated carbocycles. The summed E-state index contributed by atoms with van der Waals surface area (Å²) in [5.41, 5.74) is 0.427. The summed E-state index contributed by atoms with van der Waals surface area (Å²) in [6.45, 7) is 0. The van der Waals surface area contributed by atoms with Crippen LogP contribution in [-0.4, -0.2) is 28.8 Å². The number of carbonyl (C=O) groups is 1. The molecule has 0 bridgehead atoms. The Labute approximate surface area is 68.5 Å². The highest BCUT2D eigenvalue weighted by Gasteiger charge is 2.21. The molecular formula is C7H9FO2S. The van der Waals surface area contributed by atoms with Crippen molar-refractivity contribution in [1.82, 2.24) is 0 Å². The summed E-state index contributed by atoms with van der Waals surface area (Å²) in [6.07, 6.45) is 0.460. The summed E-state index contributed by atoms with van der Waals surface area (Å²) in [5.74, 6) is 0.200. The Hall–Kier alpha value is -0.510. The Bertz CT molecular complexity index is 191. The Morgan fingerprint density at radius 1 is 1.82 bits per heavy atom. The van der Waals surface area contributed by atoms with Gasteiger partial charge in [0.1, 0.15) is 0 Å². The predicted molar refractivity (Wildman–Crippen MR) is 42.6 cm³/mol. The second-order valence-electron chi connectivity index (χ2n) is 2.30. The maximum atomic E-state index is 12.7. The van der Waals surface area contributed by atoms with Crippen molar-refractivity contribution in [3.8, 4) is 0 Å². The van der Waals surface area contributed by atoms with E-state index in [9.17, 15) is 9.18 Å². The number of halogens is 1. The van der Waals surface area contributed by atoms with E-state index in [1.807, 2.05) is 0 Å². The number of alkyl halides is 1. The van der Waals surface area contributed by atoms with Gasteiger partial charge in [0.15, 0.2) is 0 Å². The first-order valence-corrected chi connectivity index (χ1v) is 4.51. The van der Waals surface area contributed by atoms with Crippen molar-refractivity contribution in [2.24, 2.45) is 0 Å². The number of carboxylic acids is 1. The lowest BCUT2D eigenvalue weighted by Crippen LogP contribution is -2.19. The van der Waals surface area contributed by atoms with Crippen LogP contribution in [0.5, 0.6) is 0 Å². The second kappa shape index (κ2) is 3.76. The number of hydrogen-bond donors (Lipinski definition) is 1. The van der Waals surface area contributed by atoms with Gasteiger partial charge in [-0.15, -0.1) is 0 Å². The first-order chi connectivity index (χ1) is 5.22. The van der Waals surface area contributed by atoms with Crippen LogP contribution in [0, 0.1) is 0 Å². The van der Waals surface area contributed by atoms with E-state index in [1.54, 1.807) is 17.8 Å². The molecule has 0 fully saturated rings. The maximum absolute atomic E-state index is 12.7. The SMILES string of the molecule is O=C(O)C(F)C1=CCSCC1. The molecule has 0 radical (unpaired) electrons. The third kappa shape index (κ3) is 2.22. The molecule has 62 valence electrons. The van der Waals surface area contributed by atoms with E-state index < -0.39 is 12.1 Å². The van der Waals surface area contributed by atoms with Crippen molar-refractivity contribution < 1.29 is 14.3 Å². The van der Waals surface area contributed by atoms with Gasteiger partial charge in [-0.25, -0.2) is 9.18 Å². The Balaban J connectivity index is 2.58. The van der Waals surface area contributed by atoms with Crippen molar-refractivity contribution in [2.75, 3.05) is 11.5 Å². The molecule has 11 heavy (non-hydrogen) atoms. The second-order valence-corrected chi connectivity index (χ2v) is 3.45. The van der Waals surface area contributed by atoms with Crippen LogP contribution < -0.4 is 0 Å². The normalized spacial score (nSPS) is 20.6. The minimum absolute atomic E-state index is 0.427. The molecule has 0 aliphatic carbocycles. The van der Waals surface area contributed by atoms with Crippen LogP contribution in [0.4, 0.5) is 4.39 Å². The van der Waals surface area contributed by atoms with Gasteiger partial charge in [-0.05, 0) is 17.7 Å². The minimum atomic E-state index is -1.78. The van der Waals surface area contributed by atoms with Crippen LogP contribution in [0.25, 0.3) is 0 Å². The van der Waals surface area contributed by atoms with Crippen molar-refractivity contribution in [1.29, 1.82) is 0 Å². The Morgan fingerprint density at radius 2 is 2.55 bits per heavy atom. The molecule has 1 heterocycles. The fraction of sp³-hybridized carbons (Fsp3) is 0.571. The quantitative estimate of drug-likeness (QED) is 0.647. The summed E-state index contributed by atoms with van der Waals surface area (Å²) in [4.78, 5) is 10.2. The zero-order valence-corrected chi connectivity index (χ0v) is 6.73. The summed E-state index contributed by atoms with van der Waals surface area (Å²) >= 11 is 1.69. The molecule has 0 amide bonds. The molecule has 1 rings (SSSR count). The largest absolute Gasteiger partial charge is 0.479 e. The number of aliphatic carboxylic acids is 1. The highest BCUT2D eigenvalue weighted by molar-refractivity contribution is 7.99. The molecule has 1 atom stereocenters. The van der Waals surface area contributed by atoms with E-state index in [1.165, 1.54) is 0 Å². The van der Waals surface area contributed by atoms with Gasteiger partial charge < -0.3 is 5.11 Å². The van der Waals surface area contributed by atoms with Gasteiger partial charge in [0.05, 0.1) is 0 Å². The molecule has 0 spiro atoms.